The number of hydrogen-bond acceptors (Lipinski definition) is 3. The third-order valence-corrected chi connectivity index (χ3v) is 5.91. The largest absolute Gasteiger partial charge is 0.482 e. The van der Waals surface area contributed by atoms with Crippen molar-refractivity contribution < 1.29 is 9.53 Å². The summed E-state index contributed by atoms with van der Waals surface area (Å²) in [5.74, 6) is 1.20. The number of rotatable bonds is 2. The zero-order valence-electron chi connectivity index (χ0n) is 15.4. The molecule has 1 amide bonds. The normalized spacial score (nSPS) is 21.0. The molecule has 3 heterocycles. The fourth-order valence-corrected chi connectivity index (χ4v) is 4.44. The van der Waals surface area contributed by atoms with Crippen molar-refractivity contribution in [1.82, 2.24) is 5.32 Å². The van der Waals surface area contributed by atoms with Crippen molar-refractivity contribution >= 4 is 17.2 Å². The van der Waals surface area contributed by atoms with Gasteiger partial charge in [-0.1, -0.05) is 30.3 Å². The van der Waals surface area contributed by atoms with E-state index in [-0.39, 0.29) is 11.5 Å². The van der Waals surface area contributed by atoms with Gasteiger partial charge in [0.25, 0.3) is 0 Å². The van der Waals surface area contributed by atoms with Crippen LogP contribution in [-0.4, -0.2) is 31.1 Å². The van der Waals surface area contributed by atoms with Gasteiger partial charge in [-0.25, -0.2) is 0 Å². The molecule has 138 valence electrons. The molecule has 2 aromatic rings. The lowest BCUT2D eigenvalue weighted by Crippen LogP contribution is -2.46. The summed E-state index contributed by atoms with van der Waals surface area (Å²) in [6.07, 6.45) is 5.89. The number of anilines is 1. The van der Waals surface area contributed by atoms with Crippen LogP contribution < -0.4 is 15.0 Å². The molecule has 0 saturated carbocycles. The van der Waals surface area contributed by atoms with Gasteiger partial charge in [0.1, 0.15) is 11.4 Å². The molecule has 2 saturated heterocycles. The number of nitrogens with zero attached hydrogens (tertiary/aromatic N) is 1. The Balaban J connectivity index is 1.54. The monoisotopic (exact) mass is 360 g/mol. The predicted octanol–water partition coefficient (Wildman–Crippen LogP) is 3.76. The Labute approximate surface area is 159 Å². The first-order chi connectivity index (χ1) is 13.2. The molecule has 27 heavy (non-hydrogen) atoms. The maximum absolute atomic E-state index is 12.0. The molecular formula is C23H24N2O2. The SMILES string of the molecule is O=C1CCCN1c1ccc(C2=CC3(CCNCC3)Oc3ccccc32)cc1. The van der Waals surface area contributed by atoms with Crippen LogP contribution in [0.3, 0.4) is 0 Å². The van der Waals surface area contributed by atoms with Crippen LogP contribution in [0.25, 0.3) is 5.57 Å². The van der Waals surface area contributed by atoms with Crippen molar-refractivity contribution in [3.63, 3.8) is 0 Å². The average Bonchev–Trinajstić information content (AvgIpc) is 3.14. The second-order valence-corrected chi connectivity index (χ2v) is 7.67. The van der Waals surface area contributed by atoms with Gasteiger partial charge in [0.15, 0.2) is 0 Å². The minimum atomic E-state index is -0.224. The number of amides is 1. The lowest BCUT2D eigenvalue weighted by Gasteiger charge is -2.40. The van der Waals surface area contributed by atoms with Crippen LogP contribution in [0.15, 0.2) is 54.6 Å². The van der Waals surface area contributed by atoms with Gasteiger partial charge in [-0.05, 0) is 54.9 Å². The molecule has 0 radical (unpaired) electrons. The molecule has 3 aliphatic heterocycles. The molecule has 0 atom stereocenters. The van der Waals surface area contributed by atoms with E-state index >= 15 is 0 Å². The minimum absolute atomic E-state index is 0.224. The number of piperidine rings is 1. The average molecular weight is 360 g/mol. The fourth-order valence-electron chi connectivity index (χ4n) is 4.44. The van der Waals surface area contributed by atoms with E-state index in [1.54, 1.807) is 0 Å². The molecule has 4 nitrogen and oxygen atoms in total. The van der Waals surface area contributed by atoms with Crippen LogP contribution in [0, 0.1) is 0 Å². The summed E-state index contributed by atoms with van der Waals surface area (Å²) in [4.78, 5) is 13.9. The van der Waals surface area contributed by atoms with Crippen molar-refractivity contribution in [3.05, 3.63) is 65.7 Å². The van der Waals surface area contributed by atoms with Crippen LogP contribution in [0.2, 0.25) is 0 Å². The highest BCUT2D eigenvalue weighted by molar-refractivity contribution is 5.95. The van der Waals surface area contributed by atoms with Gasteiger partial charge in [0, 0.05) is 37.1 Å². The van der Waals surface area contributed by atoms with Crippen LogP contribution in [0.4, 0.5) is 5.69 Å². The van der Waals surface area contributed by atoms with Crippen LogP contribution in [-0.2, 0) is 4.79 Å². The van der Waals surface area contributed by atoms with Crippen LogP contribution >= 0.6 is 0 Å². The summed E-state index contributed by atoms with van der Waals surface area (Å²) < 4.78 is 6.46. The first-order valence-electron chi connectivity index (χ1n) is 9.87. The molecule has 0 unspecified atom stereocenters. The molecule has 0 aromatic heterocycles. The molecule has 0 aliphatic carbocycles. The zero-order chi connectivity index (χ0) is 18.3. The Bertz CT molecular complexity index is 895. The van der Waals surface area contributed by atoms with Gasteiger partial charge in [-0.15, -0.1) is 0 Å². The van der Waals surface area contributed by atoms with Gasteiger partial charge in [0.2, 0.25) is 5.91 Å². The predicted molar refractivity (Wildman–Crippen MR) is 107 cm³/mol. The number of nitrogens with one attached hydrogen (secondary N) is 1. The van der Waals surface area contributed by atoms with Crippen molar-refractivity contribution in [3.8, 4) is 5.75 Å². The minimum Gasteiger partial charge on any atom is -0.482 e. The fraction of sp³-hybridized carbons (Fsp3) is 0.348. The van der Waals surface area contributed by atoms with Crippen molar-refractivity contribution in [2.75, 3.05) is 24.5 Å². The van der Waals surface area contributed by atoms with Crippen LogP contribution in [0.5, 0.6) is 5.75 Å². The Morgan fingerprint density at radius 2 is 1.78 bits per heavy atom. The standard InChI is InChI=1S/C23H24N2O2/c26-22-6-3-15-25(22)18-9-7-17(8-10-18)20-16-23(11-13-24-14-12-23)27-21-5-2-1-4-19(20)21/h1-2,4-5,7-10,16,24H,3,6,11-15H2. The summed E-state index contributed by atoms with van der Waals surface area (Å²) in [5.41, 5.74) is 4.33. The van der Waals surface area contributed by atoms with E-state index in [1.165, 1.54) is 11.1 Å². The molecule has 4 heteroatoms. The van der Waals surface area contributed by atoms with Crippen LogP contribution in [0.1, 0.15) is 36.8 Å². The number of carbonyl (C=O) groups is 1. The van der Waals surface area contributed by atoms with E-state index in [4.69, 9.17) is 4.74 Å². The molecule has 3 aliphatic rings. The van der Waals surface area contributed by atoms with Crippen molar-refractivity contribution in [2.45, 2.75) is 31.3 Å². The molecule has 1 N–H and O–H groups in total. The summed E-state index contributed by atoms with van der Waals surface area (Å²) >= 11 is 0. The van der Waals surface area contributed by atoms with Gasteiger partial charge in [-0.2, -0.15) is 0 Å². The van der Waals surface area contributed by atoms with Gasteiger partial charge in [-0.3, -0.25) is 4.79 Å². The Morgan fingerprint density at radius 3 is 2.52 bits per heavy atom. The summed E-state index contributed by atoms with van der Waals surface area (Å²) in [6.45, 7) is 2.78. The zero-order valence-corrected chi connectivity index (χ0v) is 15.4. The molecule has 2 aromatic carbocycles. The lowest BCUT2D eigenvalue weighted by molar-refractivity contribution is -0.117. The molecule has 1 spiro atoms. The number of ether oxygens (including phenoxy) is 1. The quantitative estimate of drug-likeness (QED) is 0.887. The Morgan fingerprint density at radius 1 is 1.00 bits per heavy atom. The van der Waals surface area contributed by atoms with Gasteiger partial charge in [0.05, 0.1) is 0 Å². The summed E-state index contributed by atoms with van der Waals surface area (Å²) in [5, 5.41) is 3.43. The maximum Gasteiger partial charge on any atom is 0.227 e. The highest BCUT2D eigenvalue weighted by Gasteiger charge is 2.37. The molecule has 0 bridgehead atoms. The van der Waals surface area contributed by atoms with Crippen molar-refractivity contribution in [2.24, 2.45) is 0 Å². The highest BCUT2D eigenvalue weighted by atomic mass is 16.5. The smallest absolute Gasteiger partial charge is 0.227 e. The third kappa shape index (κ3) is 2.94. The Kier molecular flexibility index (Phi) is 4.01. The molecular weight excluding hydrogens is 336 g/mol. The summed E-state index contributed by atoms with van der Waals surface area (Å²) in [6, 6.07) is 16.7. The second kappa shape index (κ2) is 6.54. The van der Waals surface area contributed by atoms with Crippen molar-refractivity contribution in [1.29, 1.82) is 0 Å². The lowest BCUT2D eigenvalue weighted by atomic mass is 9.83. The summed E-state index contributed by atoms with van der Waals surface area (Å²) in [7, 11) is 0. The number of carbonyl (C=O) groups excluding carboxylic acids is 1. The van der Waals surface area contributed by atoms with E-state index in [0.29, 0.717) is 6.42 Å². The second-order valence-electron chi connectivity index (χ2n) is 7.67. The van der Waals surface area contributed by atoms with E-state index in [1.807, 2.05) is 11.0 Å². The number of para-hydroxylation sites is 1. The third-order valence-electron chi connectivity index (χ3n) is 5.91. The molecule has 2 fully saturated rings. The van der Waals surface area contributed by atoms with E-state index in [9.17, 15) is 4.79 Å². The highest BCUT2D eigenvalue weighted by Crippen LogP contribution is 2.42. The van der Waals surface area contributed by atoms with E-state index < -0.39 is 0 Å². The van der Waals surface area contributed by atoms with Gasteiger partial charge < -0.3 is 15.0 Å². The molecule has 5 rings (SSSR count). The number of fused-ring (bicyclic) bond motifs is 1. The maximum atomic E-state index is 12.0. The first-order valence-corrected chi connectivity index (χ1v) is 9.87. The first kappa shape index (κ1) is 16.6. The van der Waals surface area contributed by atoms with E-state index in [0.717, 1.165) is 55.9 Å². The number of benzene rings is 2. The Hall–Kier alpha value is -2.59. The number of hydrogen-bond donors (Lipinski definition) is 1. The van der Waals surface area contributed by atoms with E-state index in [2.05, 4.69) is 53.9 Å². The topological polar surface area (TPSA) is 41.6 Å². The van der Waals surface area contributed by atoms with Gasteiger partial charge >= 0.3 is 0 Å².